The van der Waals surface area contributed by atoms with Crippen LogP contribution < -0.4 is 29.4 Å². The summed E-state index contributed by atoms with van der Waals surface area (Å²) in [5, 5.41) is -0.897. The van der Waals surface area contributed by atoms with Gasteiger partial charge in [-0.15, -0.1) is 0 Å². The van der Waals surface area contributed by atoms with Gasteiger partial charge in [0.2, 0.25) is 23.3 Å². The molecule has 2 aromatic heterocycles. The van der Waals surface area contributed by atoms with Gasteiger partial charge in [0.05, 0.1) is 60.9 Å². The maximum absolute atomic E-state index is 14.2. The Kier molecular flexibility index (Phi) is 17.2. The molecule has 0 bridgehead atoms. The van der Waals surface area contributed by atoms with Crippen molar-refractivity contribution >= 4 is 87.5 Å². The third kappa shape index (κ3) is 14.1. The van der Waals surface area contributed by atoms with E-state index in [2.05, 4.69) is 9.97 Å². The number of alkyl halides is 6. The molecule has 0 fully saturated rings. The average Bonchev–Trinajstić information content (AvgIpc) is 3.20. The Morgan fingerprint density at radius 3 is 1.49 bits per heavy atom. The minimum Gasteiger partial charge on any atom is -0.493 e. The Morgan fingerprint density at radius 1 is 0.615 bits per heavy atom. The lowest BCUT2D eigenvalue weighted by molar-refractivity contribution is -0.138. The maximum Gasteiger partial charge on any atom is 0.417 e. The first-order chi connectivity index (χ1) is 30.2. The number of hydrogen-bond donors (Lipinski definition) is 2. The maximum atomic E-state index is 14.2. The van der Waals surface area contributed by atoms with Crippen molar-refractivity contribution in [2.45, 2.75) is 22.1 Å². The van der Waals surface area contributed by atoms with Crippen molar-refractivity contribution in [1.82, 2.24) is 9.97 Å². The summed E-state index contributed by atoms with van der Waals surface area (Å²) in [6.07, 6.45) is -7.13. The van der Waals surface area contributed by atoms with Crippen LogP contribution in [0.5, 0.6) is 34.8 Å². The van der Waals surface area contributed by atoms with Crippen LogP contribution in [0, 0.1) is 11.6 Å². The molecule has 0 atom stereocenters. The number of nitrogens with zero attached hydrogens (tertiary/aromatic N) is 2. The normalized spacial score (nSPS) is 11.6. The minimum absolute atomic E-state index is 0.0110. The number of rotatable bonds is 10. The number of aromatic nitrogens is 2. The zero-order valence-corrected chi connectivity index (χ0v) is 37.6. The predicted octanol–water partition coefficient (Wildman–Crippen LogP) is 12.7. The molecule has 4 aromatic carbocycles. The topological polar surface area (TPSA) is 169 Å². The van der Waals surface area contributed by atoms with Crippen molar-refractivity contribution in [3.8, 4) is 34.8 Å². The lowest BCUT2D eigenvalue weighted by Crippen LogP contribution is -2.16. The van der Waals surface area contributed by atoms with Gasteiger partial charge < -0.3 is 24.7 Å². The molecule has 0 spiro atoms. The van der Waals surface area contributed by atoms with Crippen molar-refractivity contribution in [2.24, 2.45) is 0 Å². The van der Waals surface area contributed by atoms with Crippen LogP contribution in [-0.2, 0) is 31.4 Å². The van der Waals surface area contributed by atoms with Gasteiger partial charge in [-0.05, 0) is 72.8 Å². The van der Waals surface area contributed by atoms with E-state index in [0.29, 0.717) is 17.2 Å². The van der Waals surface area contributed by atoms with E-state index in [1.165, 1.54) is 50.7 Å². The van der Waals surface area contributed by atoms with Gasteiger partial charge in [-0.25, -0.2) is 35.6 Å². The van der Waals surface area contributed by atoms with Gasteiger partial charge in [-0.1, -0.05) is 58.5 Å². The van der Waals surface area contributed by atoms with E-state index in [9.17, 15) is 52.0 Å². The summed E-state index contributed by atoms with van der Waals surface area (Å²) in [6.45, 7) is 0. The lowest BCUT2D eigenvalue weighted by Gasteiger charge is -2.16. The molecule has 0 aliphatic rings. The molecule has 348 valence electrons. The van der Waals surface area contributed by atoms with Gasteiger partial charge >= 0.3 is 12.4 Å². The Bertz CT molecular complexity index is 2920. The van der Waals surface area contributed by atoms with Gasteiger partial charge in [-0.2, -0.15) is 26.3 Å². The fourth-order valence-electron chi connectivity index (χ4n) is 4.77. The van der Waals surface area contributed by atoms with Crippen LogP contribution >= 0.6 is 57.1 Å². The molecule has 6 aromatic rings. The number of anilines is 2. The SMILES string of the molecule is COc1cccc(F)c1Oc1ncc(Cl)cc1N.COc1cccc(F)c1Oc1ncc(Cl)cc1NS(=O)(=O)c1ccc(Cl)c(C(F)(F)F)c1.O=S(=O)(Cl)c1ccc(Cl)c(C(F)(F)F)c1. The standard InChI is InChI=1S/C19H12Cl2F4N2O4S.C12H10ClFN2O2.C7H3Cl2F3O2S/c1-30-16-4-2-3-14(22)17(16)31-18-15(7-10(20)9-26-18)27-32(28,29)11-5-6-13(21)12(8-11)19(23,24)25;1-17-10-4-2-3-8(14)11(10)18-12-9(15)5-7(13)6-16-12;8-6-2-1-4(15(9,13)14)3-5(6)7(10,11)12/h2-9,27H,1H3;2-6H,15H2,1H3;1-3H. The number of sulfonamides is 1. The van der Waals surface area contributed by atoms with E-state index in [4.69, 9.17) is 81.8 Å². The zero-order chi connectivity index (χ0) is 48.7. The molecule has 0 aliphatic heterocycles. The molecule has 65 heavy (non-hydrogen) atoms. The van der Waals surface area contributed by atoms with Crippen LogP contribution in [-0.4, -0.2) is 41.0 Å². The molecule has 0 radical (unpaired) electrons. The molecular formula is C38H25Cl5F8N4O8S2. The second-order valence-electron chi connectivity index (χ2n) is 12.1. The van der Waals surface area contributed by atoms with E-state index in [-0.39, 0.29) is 39.5 Å². The number of para-hydroxylation sites is 2. The number of halogens is 13. The van der Waals surface area contributed by atoms with E-state index >= 15 is 0 Å². The number of benzene rings is 4. The van der Waals surface area contributed by atoms with Crippen LogP contribution in [0.2, 0.25) is 20.1 Å². The monoisotopic (exact) mass is 1060 g/mol. The van der Waals surface area contributed by atoms with Crippen molar-refractivity contribution in [3.05, 3.63) is 140 Å². The summed E-state index contributed by atoms with van der Waals surface area (Å²) in [4.78, 5) is 6.35. The highest BCUT2D eigenvalue weighted by molar-refractivity contribution is 8.13. The number of nitrogens with one attached hydrogen (secondary N) is 1. The van der Waals surface area contributed by atoms with Crippen molar-refractivity contribution in [3.63, 3.8) is 0 Å². The summed E-state index contributed by atoms with van der Waals surface area (Å²) in [5.41, 5.74) is 2.97. The van der Waals surface area contributed by atoms with Gasteiger partial charge in [0.15, 0.2) is 23.1 Å². The largest absolute Gasteiger partial charge is 0.493 e. The molecule has 0 saturated heterocycles. The summed E-state index contributed by atoms with van der Waals surface area (Å²) >= 11 is 22.4. The molecule has 27 heteroatoms. The van der Waals surface area contributed by atoms with Gasteiger partial charge in [0.1, 0.15) is 5.69 Å². The lowest BCUT2D eigenvalue weighted by atomic mass is 10.2. The summed E-state index contributed by atoms with van der Waals surface area (Å²) < 4.78 is 174. The van der Waals surface area contributed by atoms with Crippen molar-refractivity contribution < 1.29 is 70.9 Å². The quantitative estimate of drug-likeness (QED) is 0.0989. The van der Waals surface area contributed by atoms with Crippen molar-refractivity contribution in [2.75, 3.05) is 24.7 Å². The Hall–Kier alpha value is -5.23. The Labute approximate surface area is 388 Å². The van der Waals surface area contributed by atoms with Gasteiger partial charge in [0, 0.05) is 23.1 Å². The fraction of sp³-hybridized carbons (Fsp3) is 0.105. The van der Waals surface area contributed by atoms with Crippen LogP contribution in [0.25, 0.3) is 0 Å². The van der Waals surface area contributed by atoms with E-state index in [0.717, 1.165) is 42.6 Å². The molecule has 3 N–H and O–H groups in total. The third-order valence-corrected chi connectivity index (χ3v) is 11.5. The number of pyridine rings is 2. The molecule has 6 rings (SSSR count). The summed E-state index contributed by atoms with van der Waals surface area (Å²) in [6, 6.07) is 14.9. The molecule has 0 unspecified atom stereocenters. The summed E-state index contributed by atoms with van der Waals surface area (Å²) in [5.74, 6) is -1.96. The molecule has 12 nitrogen and oxygen atoms in total. The molecule has 0 saturated carbocycles. The number of methoxy groups -OCH3 is 2. The van der Waals surface area contributed by atoms with E-state index in [1.54, 1.807) is 6.07 Å². The predicted molar refractivity (Wildman–Crippen MR) is 226 cm³/mol. The second kappa shape index (κ2) is 21.4. The van der Waals surface area contributed by atoms with E-state index < -0.39 is 85.7 Å². The highest BCUT2D eigenvalue weighted by atomic mass is 35.7. The molecule has 0 amide bonds. The molecular weight excluding hydrogens is 1030 g/mol. The van der Waals surface area contributed by atoms with Crippen LogP contribution in [0.15, 0.2) is 107 Å². The minimum atomic E-state index is -4.88. The highest BCUT2D eigenvalue weighted by Gasteiger charge is 2.36. The second-order valence-corrected chi connectivity index (χ2v) is 18.1. The smallest absolute Gasteiger partial charge is 0.417 e. The zero-order valence-electron chi connectivity index (χ0n) is 32.2. The molecule has 0 aliphatic carbocycles. The fourth-order valence-corrected chi connectivity index (χ4v) is 7.39. The highest BCUT2D eigenvalue weighted by Crippen LogP contribution is 2.40. The van der Waals surface area contributed by atoms with Gasteiger partial charge in [0.25, 0.3) is 19.1 Å². The van der Waals surface area contributed by atoms with Crippen LogP contribution in [0.4, 0.5) is 46.5 Å². The average molecular weight is 1060 g/mol. The Morgan fingerprint density at radius 2 is 1.05 bits per heavy atom. The Balaban J connectivity index is 0.000000236. The third-order valence-electron chi connectivity index (χ3n) is 7.68. The van der Waals surface area contributed by atoms with Crippen molar-refractivity contribution in [1.29, 1.82) is 0 Å². The van der Waals surface area contributed by atoms with Crippen LogP contribution in [0.3, 0.4) is 0 Å². The number of hydrogen-bond acceptors (Lipinski definition) is 11. The first-order valence-electron chi connectivity index (χ1n) is 16.9. The molecule has 2 heterocycles. The van der Waals surface area contributed by atoms with E-state index in [1.807, 2.05) is 4.72 Å². The summed E-state index contributed by atoms with van der Waals surface area (Å²) in [7, 11) is -1.20. The van der Waals surface area contributed by atoms with Gasteiger partial charge in [-0.3, -0.25) is 4.72 Å². The number of ether oxygens (including phenoxy) is 4. The number of nitrogen functional groups attached to an aromatic ring is 1. The van der Waals surface area contributed by atoms with Crippen LogP contribution in [0.1, 0.15) is 11.1 Å². The first kappa shape index (κ1) is 52.4. The first-order valence-corrected chi connectivity index (χ1v) is 22.2. The number of nitrogens with two attached hydrogens (primary N) is 1.